The number of hydrogen-bond acceptors (Lipinski definition) is 5. The molecule has 2 heterocycles. The van der Waals surface area contributed by atoms with Crippen molar-refractivity contribution in [3.05, 3.63) is 54.2 Å². The third-order valence-corrected chi connectivity index (χ3v) is 5.11. The summed E-state index contributed by atoms with van der Waals surface area (Å²) in [6.45, 7) is 6.60. The van der Waals surface area contributed by atoms with Gasteiger partial charge in [-0.05, 0) is 38.0 Å². The first-order chi connectivity index (χ1) is 14.8. The first-order valence-electron chi connectivity index (χ1n) is 10.7. The van der Waals surface area contributed by atoms with Crippen LogP contribution in [0.15, 0.2) is 53.7 Å². The highest BCUT2D eigenvalue weighted by atomic mass is 127. The van der Waals surface area contributed by atoms with Crippen molar-refractivity contribution >= 4 is 35.8 Å². The van der Waals surface area contributed by atoms with Gasteiger partial charge >= 0.3 is 0 Å². The zero-order valence-electron chi connectivity index (χ0n) is 18.4. The molecule has 170 valence electrons. The number of nitrogens with one attached hydrogen (secondary N) is 2. The van der Waals surface area contributed by atoms with Gasteiger partial charge in [-0.3, -0.25) is 4.99 Å². The van der Waals surface area contributed by atoms with Crippen molar-refractivity contribution in [1.29, 1.82) is 0 Å². The molecule has 3 rings (SSSR count). The fourth-order valence-corrected chi connectivity index (χ4v) is 3.53. The molecule has 0 saturated carbocycles. The SMILES string of the molecule is CCNC(=NCCOCc1ccccc1OC)NC1CCN(c2ccccn2)CC1.I. The highest BCUT2D eigenvalue weighted by molar-refractivity contribution is 14.0. The predicted octanol–water partition coefficient (Wildman–Crippen LogP) is 3.45. The van der Waals surface area contributed by atoms with E-state index in [0.717, 1.165) is 55.6 Å². The van der Waals surface area contributed by atoms with Crippen LogP contribution in [0, 0.1) is 0 Å². The summed E-state index contributed by atoms with van der Waals surface area (Å²) in [5.41, 5.74) is 1.05. The van der Waals surface area contributed by atoms with Crippen molar-refractivity contribution < 1.29 is 9.47 Å². The molecular weight excluding hydrogens is 505 g/mol. The summed E-state index contributed by atoms with van der Waals surface area (Å²) >= 11 is 0. The number of halogens is 1. The van der Waals surface area contributed by atoms with Crippen LogP contribution in [-0.2, 0) is 11.3 Å². The molecule has 7 nitrogen and oxygen atoms in total. The molecule has 1 saturated heterocycles. The molecule has 0 atom stereocenters. The lowest BCUT2D eigenvalue weighted by atomic mass is 10.1. The first kappa shape index (κ1) is 25.2. The predicted molar refractivity (Wildman–Crippen MR) is 137 cm³/mol. The molecule has 1 aromatic heterocycles. The summed E-state index contributed by atoms with van der Waals surface area (Å²) in [6, 6.07) is 14.4. The maximum atomic E-state index is 5.79. The number of anilines is 1. The molecule has 0 amide bonds. The Labute approximate surface area is 202 Å². The van der Waals surface area contributed by atoms with Gasteiger partial charge in [-0.25, -0.2) is 4.98 Å². The Bertz CT molecular complexity index is 783. The van der Waals surface area contributed by atoms with Crippen LogP contribution in [0.4, 0.5) is 5.82 Å². The van der Waals surface area contributed by atoms with Crippen molar-refractivity contribution in [2.75, 3.05) is 44.8 Å². The molecule has 2 aromatic rings. The molecular formula is C23H34IN5O2. The number of para-hydroxylation sites is 1. The van der Waals surface area contributed by atoms with E-state index in [2.05, 4.69) is 38.5 Å². The lowest BCUT2D eigenvalue weighted by molar-refractivity contribution is 0.126. The molecule has 0 unspecified atom stereocenters. The van der Waals surface area contributed by atoms with E-state index < -0.39 is 0 Å². The number of pyridine rings is 1. The number of methoxy groups -OCH3 is 1. The largest absolute Gasteiger partial charge is 0.496 e. The Balaban J connectivity index is 0.00000341. The standard InChI is InChI=1S/C23H33N5O2.HI/c1-3-24-23(26-14-17-30-18-19-8-4-5-9-21(19)29-2)27-20-11-15-28(16-12-20)22-10-6-7-13-25-22;/h4-10,13,20H,3,11-12,14-18H2,1-2H3,(H2,24,26,27);1H. The number of hydrogen-bond donors (Lipinski definition) is 2. The number of piperidine rings is 1. The van der Waals surface area contributed by atoms with E-state index in [1.807, 2.05) is 42.6 Å². The number of benzene rings is 1. The molecule has 31 heavy (non-hydrogen) atoms. The first-order valence-corrected chi connectivity index (χ1v) is 10.7. The minimum atomic E-state index is 0. The van der Waals surface area contributed by atoms with Crippen LogP contribution in [0.3, 0.4) is 0 Å². The van der Waals surface area contributed by atoms with Crippen LogP contribution < -0.4 is 20.3 Å². The summed E-state index contributed by atoms with van der Waals surface area (Å²) in [7, 11) is 1.68. The Morgan fingerprint density at radius 1 is 1.16 bits per heavy atom. The van der Waals surface area contributed by atoms with Crippen molar-refractivity contribution in [3.63, 3.8) is 0 Å². The summed E-state index contributed by atoms with van der Waals surface area (Å²) < 4.78 is 11.1. The van der Waals surface area contributed by atoms with Gasteiger partial charge in [0.2, 0.25) is 0 Å². The van der Waals surface area contributed by atoms with E-state index in [0.29, 0.717) is 25.8 Å². The summed E-state index contributed by atoms with van der Waals surface area (Å²) in [6.07, 6.45) is 3.97. The molecule has 0 bridgehead atoms. The van der Waals surface area contributed by atoms with Gasteiger partial charge in [-0.15, -0.1) is 24.0 Å². The van der Waals surface area contributed by atoms with Crippen LogP contribution in [0.1, 0.15) is 25.3 Å². The van der Waals surface area contributed by atoms with Crippen molar-refractivity contribution in [2.24, 2.45) is 4.99 Å². The number of aromatic nitrogens is 1. The molecule has 1 aliphatic heterocycles. The highest BCUT2D eigenvalue weighted by Gasteiger charge is 2.20. The summed E-state index contributed by atoms with van der Waals surface area (Å²) in [5.74, 6) is 2.77. The van der Waals surface area contributed by atoms with Gasteiger partial charge in [-0.1, -0.05) is 24.3 Å². The average molecular weight is 539 g/mol. The molecule has 1 aromatic carbocycles. The van der Waals surface area contributed by atoms with Gasteiger partial charge in [-0.2, -0.15) is 0 Å². The molecule has 1 fully saturated rings. The van der Waals surface area contributed by atoms with Crippen LogP contribution >= 0.6 is 24.0 Å². The van der Waals surface area contributed by atoms with E-state index in [1.165, 1.54) is 0 Å². The van der Waals surface area contributed by atoms with E-state index in [1.54, 1.807) is 7.11 Å². The van der Waals surface area contributed by atoms with Crippen LogP contribution in [0.2, 0.25) is 0 Å². The summed E-state index contributed by atoms with van der Waals surface area (Å²) in [5, 5.41) is 6.91. The van der Waals surface area contributed by atoms with E-state index in [4.69, 9.17) is 9.47 Å². The van der Waals surface area contributed by atoms with Crippen molar-refractivity contribution in [1.82, 2.24) is 15.6 Å². The van der Waals surface area contributed by atoms with E-state index in [9.17, 15) is 0 Å². The maximum absolute atomic E-state index is 5.79. The molecule has 0 spiro atoms. The second-order valence-electron chi connectivity index (χ2n) is 7.22. The van der Waals surface area contributed by atoms with Crippen LogP contribution in [0.25, 0.3) is 0 Å². The van der Waals surface area contributed by atoms with Gasteiger partial charge < -0.3 is 25.0 Å². The lowest BCUT2D eigenvalue weighted by Crippen LogP contribution is -2.49. The second kappa shape index (κ2) is 14.1. The number of nitrogens with zero attached hydrogens (tertiary/aromatic N) is 3. The molecule has 0 aliphatic carbocycles. The van der Waals surface area contributed by atoms with Crippen molar-refractivity contribution in [3.8, 4) is 5.75 Å². The third-order valence-electron chi connectivity index (χ3n) is 5.11. The fourth-order valence-electron chi connectivity index (χ4n) is 3.53. The highest BCUT2D eigenvalue weighted by Crippen LogP contribution is 2.18. The van der Waals surface area contributed by atoms with E-state index in [-0.39, 0.29) is 24.0 Å². The zero-order valence-corrected chi connectivity index (χ0v) is 20.7. The second-order valence-corrected chi connectivity index (χ2v) is 7.22. The normalized spacial score (nSPS) is 14.6. The third kappa shape index (κ3) is 8.17. The topological polar surface area (TPSA) is 71.0 Å². The fraction of sp³-hybridized carbons (Fsp3) is 0.478. The Hall–Kier alpha value is -2.07. The Morgan fingerprint density at radius 3 is 2.65 bits per heavy atom. The minimum Gasteiger partial charge on any atom is -0.496 e. The van der Waals surface area contributed by atoms with Crippen LogP contribution in [-0.4, -0.2) is 56.9 Å². The average Bonchev–Trinajstić information content (AvgIpc) is 2.80. The monoisotopic (exact) mass is 539 g/mol. The smallest absolute Gasteiger partial charge is 0.191 e. The quantitative estimate of drug-likeness (QED) is 0.220. The summed E-state index contributed by atoms with van der Waals surface area (Å²) in [4.78, 5) is 11.5. The minimum absolute atomic E-state index is 0. The van der Waals surface area contributed by atoms with Crippen molar-refractivity contribution in [2.45, 2.75) is 32.4 Å². The number of guanidine groups is 1. The molecule has 0 radical (unpaired) electrons. The van der Waals surface area contributed by atoms with Gasteiger partial charge in [0.15, 0.2) is 5.96 Å². The lowest BCUT2D eigenvalue weighted by Gasteiger charge is -2.33. The number of rotatable bonds is 9. The maximum Gasteiger partial charge on any atom is 0.191 e. The molecule has 1 aliphatic rings. The molecule has 2 N–H and O–H groups in total. The van der Waals surface area contributed by atoms with Crippen LogP contribution in [0.5, 0.6) is 5.75 Å². The van der Waals surface area contributed by atoms with Gasteiger partial charge in [0.25, 0.3) is 0 Å². The number of aliphatic imine (C=N–C) groups is 1. The molecule has 8 heteroatoms. The van der Waals surface area contributed by atoms with Gasteiger partial charge in [0, 0.05) is 37.4 Å². The number of ether oxygens (including phenoxy) is 2. The van der Waals surface area contributed by atoms with E-state index >= 15 is 0 Å². The van der Waals surface area contributed by atoms with Gasteiger partial charge in [0.05, 0.1) is 26.9 Å². The zero-order chi connectivity index (χ0) is 21.0. The Kier molecular flexibility index (Phi) is 11.4. The van der Waals surface area contributed by atoms with Gasteiger partial charge in [0.1, 0.15) is 11.6 Å². The Morgan fingerprint density at radius 2 is 1.94 bits per heavy atom.